The lowest BCUT2D eigenvalue weighted by molar-refractivity contribution is 0.384. The number of nitrogens with zero attached hydrogens (tertiary/aromatic N) is 3. The maximum Gasteiger partial charge on any atom is 0.142 e. The highest BCUT2D eigenvalue weighted by Gasteiger charge is 2.22. The quantitative estimate of drug-likeness (QED) is 0.839. The molecular formula is C13H18N4. The van der Waals surface area contributed by atoms with Crippen molar-refractivity contribution in [1.82, 2.24) is 4.98 Å². The zero-order valence-corrected chi connectivity index (χ0v) is 10.1. The molecule has 90 valence electrons. The van der Waals surface area contributed by atoms with E-state index in [1.807, 2.05) is 19.2 Å². The minimum absolute atomic E-state index is 0.359. The van der Waals surface area contributed by atoms with E-state index >= 15 is 0 Å². The van der Waals surface area contributed by atoms with Crippen LogP contribution in [0.4, 0.5) is 5.82 Å². The minimum atomic E-state index is 0.359. The first-order chi connectivity index (χ1) is 8.20. The summed E-state index contributed by atoms with van der Waals surface area (Å²) in [4.78, 5) is 6.49. The van der Waals surface area contributed by atoms with Crippen molar-refractivity contribution in [1.29, 1.82) is 5.26 Å². The number of anilines is 1. The van der Waals surface area contributed by atoms with Gasteiger partial charge >= 0.3 is 0 Å². The Balaban J connectivity index is 2.08. The maximum atomic E-state index is 8.84. The van der Waals surface area contributed by atoms with Crippen LogP contribution in [-0.2, 0) is 0 Å². The molecule has 0 bridgehead atoms. The van der Waals surface area contributed by atoms with E-state index in [1.165, 1.54) is 0 Å². The van der Waals surface area contributed by atoms with Crippen LogP contribution in [0.2, 0.25) is 0 Å². The molecule has 17 heavy (non-hydrogen) atoms. The van der Waals surface area contributed by atoms with Crippen LogP contribution in [-0.4, -0.2) is 24.1 Å². The molecule has 1 aliphatic carbocycles. The Morgan fingerprint density at radius 2 is 2.06 bits per heavy atom. The fourth-order valence-corrected chi connectivity index (χ4v) is 2.36. The van der Waals surface area contributed by atoms with Crippen molar-refractivity contribution in [2.75, 3.05) is 11.9 Å². The Morgan fingerprint density at radius 3 is 2.71 bits per heavy atom. The van der Waals surface area contributed by atoms with Crippen molar-refractivity contribution in [3.05, 3.63) is 23.9 Å². The first-order valence-electron chi connectivity index (χ1n) is 6.06. The molecule has 1 aliphatic rings. The molecule has 4 nitrogen and oxygen atoms in total. The molecule has 0 unspecified atom stereocenters. The van der Waals surface area contributed by atoms with Crippen LogP contribution in [0.25, 0.3) is 0 Å². The molecule has 1 fully saturated rings. The summed E-state index contributed by atoms with van der Waals surface area (Å²) in [5.74, 6) is 0.879. The Hall–Kier alpha value is -1.60. The highest BCUT2D eigenvalue weighted by Crippen LogP contribution is 2.24. The number of pyridine rings is 1. The topological polar surface area (TPSA) is 65.9 Å². The summed E-state index contributed by atoms with van der Waals surface area (Å²) in [5.41, 5.74) is 6.38. The normalized spacial score (nSPS) is 24.1. The number of hydrogen-bond acceptors (Lipinski definition) is 4. The summed E-state index contributed by atoms with van der Waals surface area (Å²) < 4.78 is 0. The zero-order chi connectivity index (χ0) is 12.3. The molecule has 0 spiro atoms. The average molecular weight is 230 g/mol. The van der Waals surface area contributed by atoms with Gasteiger partial charge in [-0.2, -0.15) is 5.26 Å². The van der Waals surface area contributed by atoms with Crippen molar-refractivity contribution in [2.24, 2.45) is 5.73 Å². The monoisotopic (exact) mass is 230 g/mol. The molecule has 0 radical (unpaired) electrons. The molecule has 1 aromatic rings. The Morgan fingerprint density at radius 1 is 1.35 bits per heavy atom. The Bertz CT molecular complexity index is 416. The summed E-state index contributed by atoms with van der Waals surface area (Å²) >= 11 is 0. The molecule has 0 amide bonds. The fraction of sp³-hybridized carbons (Fsp3) is 0.538. The van der Waals surface area contributed by atoms with Gasteiger partial charge in [0.1, 0.15) is 17.6 Å². The van der Waals surface area contributed by atoms with Crippen LogP contribution in [0.3, 0.4) is 0 Å². The third kappa shape index (κ3) is 2.75. The van der Waals surface area contributed by atoms with Crippen LogP contribution in [0.1, 0.15) is 31.4 Å². The molecule has 1 saturated carbocycles. The Labute approximate surface area is 102 Å². The van der Waals surface area contributed by atoms with Crippen LogP contribution in [0, 0.1) is 11.3 Å². The lowest BCUT2D eigenvalue weighted by atomic mass is 9.91. The molecule has 0 saturated heterocycles. The van der Waals surface area contributed by atoms with Gasteiger partial charge in [0.25, 0.3) is 0 Å². The molecule has 1 heterocycles. The maximum absolute atomic E-state index is 8.84. The lowest BCUT2D eigenvalue weighted by Crippen LogP contribution is -2.39. The number of nitrogens with two attached hydrogens (primary N) is 1. The lowest BCUT2D eigenvalue weighted by Gasteiger charge is -2.34. The molecule has 2 N–H and O–H groups in total. The second-order valence-corrected chi connectivity index (χ2v) is 4.67. The van der Waals surface area contributed by atoms with Gasteiger partial charge in [-0.15, -0.1) is 0 Å². The van der Waals surface area contributed by atoms with Crippen LogP contribution in [0.15, 0.2) is 18.2 Å². The second kappa shape index (κ2) is 5.15. The van der Waals surface area contributed by atoms with Crippen molar-refractivity contribution in [3.8, 4) is 6.07 Å². The average Bonchev–Trinajstić information content (AvgIpc) is 2.39. The predicted octanol–water partition coefficient (Wildman–Crippen LogP) is 1.66. The van der Waals surface area contributed by atoms with Crippen molar-refractivity contribution in [3.63, 3.8) is 0 Å². The van der Waals surface area contributed by atoms with Crippen LogP contribution < -0.4 is 10.6 Å². The van der Waals surface area contributed by atoms with Gasteiger partial charge in [-0.25, -0.2) is 4.98 Å². The van der Waals surface area contributed by atoms with E-state index in [2.05, 4.69) is 16.0 Å². The van der Waals surface area contributed by atoms with Gasteiger partial charge in [-0.05, 0) is 37.8 Å². The molecule has 2 rings (SSSR count). The van der Waals surface area contributed by atoms with E-state index in [9.17, 15) is 0 Å². The van der Waals surface area contributed by atoms with Gasteiger partial charge < -0.3 is 10.6 Å². The molecule has 4 heteroatoms. The molecule has 1 aromatic heterocycles. The Kier molecular flexibility index (Phi) is 3.60. The fourth-order valence-electron chi connectivity index (χ4n) is 2.36. The van der Waals surface area contributed by atoms with Gasteiger partial charge in [-0.1, -0.05) is 6.07 Å². The van der Waals surface area contributed by atoms with Crippen molar-refractivity contribution in [2.45, 2.75) is 37.8 Å². The van der Waals surface area contributed by atoms with Crippen LogP contribution >= 0.6 is 0 Å². The van der Waals surface area contributed by atoms with Gasteiger partial charge in [0, 0.05) is 19.1 Å². The highest BCUT2D eigenvalue weighted by atomic mass is 15.2. The molecule has 0 aromatic carbocycles. The summed E-state index contributed by atoms with van der Waals surface area (Å²) in [6, 6.07) is 8.50. The van der Waals surface area contributed by atoms with Crippen LogP contribution in [0.5, 0.6) is 0 Å². The number of rotatable bonds is 2. The van der Waals surface area contributed by atoms with Gasteiger partial charge in [0.2, 0.25) is 0 Å². The highest BCUT2D eigenvalue weighted by molar-refractivity contribution is 5.41. The van der Waals surface area contributed by atoms with Gasteiger partial charge in [0.05, 0.1) is 0 Å². The number of aromatic nitrogens is 1. The predicted molar refractivity (Wildman–Crippen MR) is 67.6 cm³/mol. The zero-order valence-electron chi connectivity index (χ0n) is 10.1. The second-order valence-electron chi connectivity index (χ2n) is 4.67. The standard InChI is InChI=1S/C13H18N4/c1-17(12-7-5-10(15)6-8-12)13-4-2-3-11(9-14)16-13/h2-4,10,12H,5-8,15H2,1H3. The SMILES string of the molecule is CN(c1cccc(C#N)n1)C1CCC(N)CC1. The van der Waals surface area contributed by atoms with E-state index in [0.29, 0.717) is 17.8 Å². The first kappa shape index (κ1) is 11.9. The third-order valence-electron chi connectivity index (χ3n) is 3.50. The molecular weight excluding hydrogens is 212 g/mol. The van der Waals surface area contributed by atoms with Gasteiger partial charge in [0.15, 0.2) is 0 Å². The minimum Gasteiger partial charge on any atom is -0.357 e. The molecule has 0 atom stereocenters. The van der Waals surface area contributed by atoms with Gasteiger partial charge in [-0.3, -0.25) is 0 Å². The van der Waals surface area contributed by atoms with Crippen molar-refractivity contribution < 1.29 is 0 Å². The van der Waals surface area contributed by atoms with E-state index in [4.69, 9.17) is 11.0 Å². The third-order valence-corrected chi connectivity index (χ3v) is 3.50. The first-order valence-corrected chi connectivity index (χ1v) is 6.06. The number of nitriles is 1. The van der Waals surface area contributed by atoms with E-state index < -0.39 is 0 Å². The summed E-state index contributed by atoms with van der Waals surface area (Å²) in [7, 11) is 2.05. The largest absolute Gasteiger partial charge is 0.357 e. The molecule has 0 aliphatic heterocycles. The summed E-state index contributed by atoms with van der Waals surface area (Å²) in [5, 5.41) is 8.84. The van der Waals surface area contributed by atoms with E-state index in [0.717, 1.165) is 31.5 Å². The van der Waals surface area contributed by atoms with Crippen molar-refractivity contribution >= 4 is 5.82 Å². The summed E-state index contributed by atoms with van der Waals surface area (Å²) in [6.07, 6.45) is 4.37. The number of hydrogen-bond donors (Lipinski definition) is 1. The smallest absolute Gasteiger partial charge is 0.142 e. The summed E-state index contributed by atoms with van der Waals surface area (Å²) in [6.45, 7) is 0. The van der Waals surface area contributed by atoms with E-state index in [-0.39, 0.29) is 0 Å². The van der Waals surface area contributed by atoms with E-state index in [1.54, 1.807) is 6.07 Å².